The summed E-state index contributed by atoms with van der Waals surface area (Å²) in [6, 6.07) is 0. The first kappa shape index (κ1) is 11.8. The zero-order valence-corrected chi connectivity index (χ0v) is 9.02. The molecule has 0 bridgehead atoms. The van der Waals surface area contributed by atoms with Crippen molar-refractivity contribution in [2.45, 2.75) is 19.3 Å². The van der Waals surface area contributed by atoms with Crippen LogP contribution in [0.4, 0.5) is 4.79 Å². The highest BCUT2D eigenvalue weighted by molar-refractivity contribution is 5.70. The minimum atomic E-state index is -0.360. The highest BCUT2D eigenvalue weighted by atomic mass is 16.6. The molecule has 0 radical (unpaired) electrons. The molecule has 1 amide bonds. The quantitative estimate of drug-likeness (QED) is 0.672. The molecule has 0 aromatic carbocycles. The van der Waals surface area contributed by atoms with Crippen molar-refractivity contribution in [3.8, 4) is 0 Å². The van der Waals surface area contributed by atoms with Crippen molar-refractivity contribution in [3.05, 3.63) is 24.6 Å². The molecule has 1 heterocycles. The van der Waals surface area contributed by atoms with Gasteiger partial charge in [0, 0.05) is 19.5 Å². The van der Waals surface area contributed by atoms with Crippen LogP contribution < -0.4 is 0 Å². The predicted molar refractivity (Wildman–Crippen MR) is 57.2 cm³/mol. The highest BCUT2D eigenvalue weighted by Gasteiger charge is 2.09. The summed E-state index contributed by atoms with van der Waals surface area (Å²) in [5.41, 5.74) is 0. The number of amides is 1. The van der Waals surface area contributed by atoms with E-state index in [9.17, 15) is 4.79 Å². The van der Waals surface area contributed by atoms with Gasteiger partial charge in [-0.2, -0.15) is 0 Å². The minimum absolute atomic E-state index is 0.285. The summed E-state index contributed by atoms with van der Waals surface area (Å²) in [5.74, 6) is 0. The zero-order valence-electron chi connectivity index (χ0n) is 9.02. The van der Waals surface area contributed by atoms with Crippen molar-refractivity contribution in [3.63, 3.8) is 0 Å². The van der Waals surface area contributed by atoms with Gasteiger partial charge in [-0.25, -0.2) is 4.79 Å². The molecule has 84 valence electrons. The van der Waals surface area contributed by atoms with Gasteiger partial charge in [0.1, 0.15) is 6.61 Å². The Morgan fingerprint density at radius 2 is 1.93 bits per heavy atom. The van der Waals surface area contributed by atoms with Gasteiger partial charge in [0.05, 0.1) is 6.61 Å². The lowest BCUT2D eigenvalue weighted by Gasteiger charge is -2.14. The van der Waals surface area contributed by atoms with Crippen molar-refractivity contribution in [2.24, 2.45) is 0 Å². The van der Waals surface area contributed by atoms with Crippen LogP contribution in [-0.2, 0) is 9.47 Å². The zero-order chi connectivity index (χ0) is 10.9. The van der Waals surface area contributed by atoms with Gasteiger partial charge >= 0.3 is 6.09 Å². The first-order chi connectivity index (χ1) is 7.34. The molecule has 0 saturated heterocycles. The van der Waals surface area contributed by atoms with E-state index in [4.69, 9.17) is 9.47 Å². The fraction of sp³-hybridized carbons (Fsp3) is 0.545. The molecule has 0 saturated carbocycles. The molecule has 0 spiro atoms. The molecule has 0 atom stereocenters. The average Bonchev–Trinajstić information content (AvgIpc) is 2.17. The maximum Gasteiger partial charge on any atom is 0.418 e. The summed E-state index contributed by atoms with van der Waals surface area (Å²) in [4.78, 5) is 12.9. The molecule has 0 unspecified atom stereocenters. The molecule has 4 heteroatoms. The van der Waals surface area contributed by atoms with Gasteiger partial charge in [-0.05, 0) is 19.3 Å². The molecule has 0 aromatic heterocycles. The standard InChI is InChI=1S/C11H17NO3/c1-14-9-10-15-11(13)12-7-5-3-2-4-6-8-12/h5-8H,2-4,9-10H2,1H3/b7-5-,8-6-. The SMILES string of the molecule is COCCOC(=O)N1/C=C\CCC/C=C\1. The molecule has 0 fully saturated rings. The van der Waals surface area contributed by atoms with E-state index < -0.39 is 0 Å². The summed E-state index contributed by atoms with van der Waals surface area (Å²) in [6.45, 7) is 0.709. The van der Waals surface area contributed by atoms with Crippen LogP contribution in [-0.4, -0.2) is 31.3 Å². The van der Waals surface area contributed by atoms with Gasteiger partial charge in [-0.3, -0.25) is 4.90 Å². The minimum Gasteiger partial charge on any atom is -0.446 e. The maximum atomic E-state index is 11.5. The Bertz CT molecular complexity index is 234. The van der Waals surface area contributed by atoms with Crippen LogP contribution in [0.25, 0.3) is 0 Å². The Labute approximate surface area is 90.2 Å². The average molecular weight is 211 g/mol. The Hall–Kier alpha value is -1.29. The monoisotopic (exact) mass is 211 g/mol. The van der Waals surface area contributed by atoms with Crippen molar-refractivity contribution >= 4 is 6.09 Å². The van der Waals surface area contributed by atoms with Gasteiger partial charge in [0.15, 0.2) is 0 Å². The Morgan fingerprint density at radius 3 is 2.53 bits per heavy atom. The number of hydrogen-bond donors (Lipinski definition) is 0. The van der Waals surface area contributed by atoms with Crippen LogP contribution in [0.2, 0.25) is 0 Å². The van der Waals surface area contributed by atoms with Crippen molar-refractivity contribution in [1.82, 2.24) is 4.90 Å². The van der Waals surface area contributed by atoms with Crippen molar-refractivity contribution in [1.29, 1.82) is 0 Å². The Morgan fingerprint density at radius 1 is 1.27 bits per heavy atom. The second kappa shape index (κ2) is 7.06. The lowest BCUT2D eigenvalue weighted by atomic mass is 10.2. The lowest BCUT2D eigenvalue weighted by molar-refractivity contribution is 0.0873. The molecule has 4 nitrogen and oxygen atoms in total. The highest BCUT2D eigenvalue weighted by Crippen LogP contribution is 2.06. The van der Waals surface area contributed by atoms with Gasteiger partial charge < -0.3 is 9.47 Å². The summed E-state index contributed by atoms with van der Waals surface area (Å²) in [6.07, 6.45) is 10.2. The van der Waals surface area contributed by atoms with E-state index in [1.807, 2.05) is 12.2 Å². The molecule has 15 heavy (non-hydrogen) atoms. The van der Waals surface area contributed by atoms with E-state index in [1.165, 1.54) is 4.90 Å². The fourth-order valence-corrected chi connectivity index (χ4v) is 1.19. The topological polar surface area (TPSA) is 38.8 Å². The van der Waals surface area contributed by atoms with Crippen molar-refractivity contribution in [2.75, 3.05) is 20.3 Å². The van der Waals surface area contributed by atoms with Crippen LogP contribution in [0, 0.1) is 0 Å². The third kappa shape index (κ3) is 4.65. The number of rotatable bonds is 3. The number of nitrogens with zero attached hydrogens (tertiary/aromatic N) is 1. The second-order valence-electron chi connectivity index (χ2n) is 3.21. The normalized spacial score (nSPS) is 20.2. The Balaban J connectivity index is 2.38. The molecular formula is C11H17NO3. The number of carbonyl (C=O) groups is 1. The molecule has 0 aromatic rings. The molecule has 1 rings (SSSR count). The third-order valence-electron chi connectivity index (χ3n) is 2.00. The maximum absolute atomic E-state index is 11.5. The van der Waals surface area contributed by atoms with E-state index >= 15 is 0 Å². The Kier molecular flexibility index (Phi) is 5.55. The number of allylic oxidation sites excluding steroid dienone is 2. The molecule has 1 aliphatic heterocycles. The lowest BCUT2D eigenvalue weighted by Crippen LogP contribution is -2.23. The van der Waals surface area contributed by atoms with E-state index in [2.05, 4.69) is 0 Å². The largest absolute Gasteiger partial charge is 0.446 e. The van der Waals surface area contributed by atoms with Crippen LogP contribution in [0.3, 0.4) is 0 Å². The fourth-order valence-electron chi connectivity index (χ4n) is 1.19. The number of ether oxygens (including phenoxy) is 2. The van der Waals surface area contributed by atoms with Crippen LogP contribution in [0.15, 0.2) is 24.6 Å². The first-order valence-corrected chi connectivity index (χ1v) is 5.12. The first-order valence-electron chi connectivity index (χ1n) is 5.12. The summed E-state index contributed by atoms with van der Waals surface area (Å²) < 4.78 is 9.77. The molecule has 1 aliphatic rings. The molecule has 0 N–H and O–H groups in total. The summed E-state index contributed by atoms with van der Waals surface area (Å²) in [5, 5.41) is 0. The smallest absolute Gasteiger partial charge is 0.418 e. The van der Waals surface area contributed by atoms with Gasteiger partial charge in [-0.15, -0.1) is 0 Å². The van der Waals surface area contributed by atoms with E-state index in [1.54, 1.807) is 19.5 Å². The van der Waals surface area contributed by atoms with Crippen LogP contribution in [0.5, 0.6) is 0 Å². The summed E-state index contributed by atoms with van der Waals surface area (Å²) in [7, 11) is 1.57. The van der Waals surface area contributed by atoms with Gasteiger partial charge in [0.25, 0.3) is 0 Å². The number of carbonyl (C=O) groups excluding carboxylic acids is 1. The number of hydrogen-bond acceptors (Lipinski definition) is 3. The van der Waals surface area contributed by atoms with E-state index in [0.717, 1.165) is 19.3 Å². The predicted octanol–water partition coefficient (Wildman–Crippen LogP) is 2.28. The van der Waals surface area contributed by atoms with Gasteiger partial charge in [0.2, 0.25) is 0 Å². The van der Waals surface area contributed by atoms with Crippen LogP contribution in [0.1, 0.15) is 19.3 Å². The van der Waals surface area contributed by atoms with Crippen molar-refractivity contribution < 1.29 is 14.3 Å². The summed E-state index contributed by atoms with van der Waals surface area (Å²) >= 11 is 0. The second-order valence-corrected chi connectivity index (χ2v) is 3.21. The third-order valence-corrected chi connectivity index (χ3v) is 2.00. The number of methoxy groups -OCH3 is 1. The molecule has 0 aliphatic carbocycles. The van der Waals surface area contributed by atoms with Gasteiger partial charge in [-0.1, -0.05) is 12.2 Å². The van der Waals surface area contributed by atoms with E-state index in [0.29, 0.717) is 6.61 Å². The molecular weight excluding hydrogens is 194 g/mol. The van der Waals surface area contributed by atoms with Crippen LogP contribution >= 0.6 is 0 Å². The van der Waals surface area contributed by atoms with E-state index in [-0.39, 0.29) is 12.7 Å².